The van der Waals surface area contributed by atoms with Gasteiger partial charge in [0.15, 0.2) is 5.75 Å². The van der Waals surface area contributed by atoms with Crippen molar-refractivity contribution >= 4 is 16.5 Å². The van der Waals surface area contributed by atoms with Crippen molar-refractivity contribution in [2.45, 2.75) is 13.0 Å². The maximum absolute atomic E-state index is 5.97. The standard InChI is InChI=1S/C14H15NO/c1-10-9-15(2)13-8-7-11-5-3-4-6-12(11)14(13)16-10/h3-8,10H,9H2,1-2H3. The van der Waals surface area contributed by atoms with Gasteiger partial charge in [0, 0.05) is 12.4 Å². The molecule has 0 bridgehead atoms. The van der Waals surface area contributed by atoms with Gasteiger partial charge in [-0.1, -0.05) is 30.3 Å². The molecule has 0 N–H and O–H groups in total. The Kier molecular flexibility index (Phi) is 2.03. The van der Waals surface area contributed by atoms with Crippen LogP contribution in [0.1, 0.15) is 6.92 Å². The molecule has 1 atom stereocenters. The predicted molar refractivity (Wildman–Crippen MR) is 67.3 cm³/mol. The molecule has 0 aliphatic carbocycles. The Morgan fingerprint density at radius 3 is 2.88 bits per heavy atom. The van der Waals surface area contributed by atoms with E-state index in [2.05, 4.69) is 55.3 Å². The number of anilines is 1. The molecule has 2 aromatic rings. The number of hydrogen-bond donors (Lipinski definition) is 0. The lowest BCUT2D eigenvalue weighted by Crippen LogP contribution is -2.35. The first-order valence-corrected chi connectivity index (χ1v) is 5.65. The van der Waals surface area contributed by atoms with Crippen LogP contribution in [0.3, 0.4) is 0 Å². The molecule has 82 valence electrons. The van der Waals surface area contributed by atoms with Crippen LogP contribution in [-0.4, -0.2) is 19.7 Å². The van der Waals surface area contributed by atoms with Crippen LogP contribution in [0.4, 0.5) is 5.69 Å². The molecule has 1 aliphatic heterocycles. The predicted octanol–water partition coefficient (Wildman–Crippen LogP) is 3.06. The minimum absolute atomic E-state index is 0.253. The molecule has 0 spiro atoms. The minimum atomic E-state index is 0.253. The number of likely N-dealkylation sites (N-methyl/N-ethyl adjacent to an activating group) is 1. The summed E-state index contributed by atoms with van der Waals surface area (Å²) in [5.41, 5.74) is 1.19. The molecule has 0 amide bonds. The summed E-state index contributed by atoms with van der Waals surface area (Å²) in [4.78, 5) is 2.26. The summed E-state index contributed by atoms with van der Waals surface area (Å²) in [5.74, 6) is 1.03. The van der Waals surface area contributed by atoms with E-state index in [1.165, 1.54) is 16.5 Å². The average molecular weight is 213 g/mol. The first-order valence-electron chi connectivity index (χ1n) is 5.65. The van der Waals surface area contributed by atoms with Crippen LogP contribution in [0.2, 0.25) is 0 Å². The fourth-order valence-corrected chi connectivity index (χ4v) is 2.38. The average Bonchev–Trinajstić information content (AvgIpc) is 2.28. The fourth-order valence-electron chi connectivity index (χ4n) is 2.38. The maximum atomic E-state index is 5.97. The summed E-state index contributed by atoms with van der Waals surface area (Å²) in [6, 6.07) is 12.7. The van der Waals surface area contributed by atoms with Gasteiger partial charge in [-0.2, -0.15) is 0 Å². The summed E-state index contributed by atoms with van der Waals surface area (Å²) < 4.78 is 5.97. The van der Waals surface area contributed by atoms with Crippen molar-refractivity contribution < 1.29 is 4.74 Å². The van der Waals surface area contributed by atoms with E-state index in [0.29, 0.717) is 0 Å². The number of fused-ring (bicyclic) bond motifs is 3. The summed E-state index contributed by atoms with van der Waals surface area (Å²) >= 11 is 0. The Balaban J connectivity index is 2.29. The SMILES string of the molecule is CC1CN(C)c2ccc3ccccc3c2O1. The van der Waals surface area contributed by atoms with Crippen molar-refractivity contribution in [3.63, 3.8) is 0 Å². The van der Waals surface area contributed by atoms with Gasteiger partial charge in [0.25, 0.3) is 0 Å². The molecule has 1 aliphatic rings. The molecule has 1 heterocycles. The molecular formula is C14H15NO. The zero-order valence-electron chi connectivity index (χ0n) is 9.60. The number of rotatable bonds is 0. The lowest BCUT2D eigenvalue weighted by atomic mass is 10.1. The molecule has 1 unspecified atom stereocenters. The topological polar surface area (TPSA) is 12.5 Å². The summed E-state index contributed by atoms with van der Waals surface area (Å²) in [6.07, 6.45) is 0.253. The molecule has 2 heteroatoms. The third-order valence-electron chi connectivity index (χ3n) is 3.12. The van der Waals surface area contributed by atoms with E-state index in [4.69, 9.17) is 4.74 Å². The van der Waals surface area contributed by atoms with Crippen molar-refractivity contribution in [3.05, 3.63) is 36.4 Å². The van der Waals surface area contributed by atoms with Crippen molar-refractivity contribution in [1.29, 1.82) is 0 Å². The number of benzene rings is 2. The highest BCUT2D eigenvalue weighted by Crippen LogP contribution is 2.38. The monoisotopic (exact) mass is 213 g/mol. The van der Waals surface area contributed by atoms with E-state index >= 15 is 0 Å². The zero-order chi connectivity index (χ0) is 11.1. The third kappa shape index (κ3) is 1.33. The van der Waals surface area contributed by atoms with E-state index in [0.717, 1.165) is 12.3 Å². The number of nitrogens with zero attached hydrogens (tertiary/aromatic N) is 1. The molecule has 0 saturated carbocycles. The van der Waals surface area contributed by atoms with Gasteiger partial charge < -0.3 is 9.64 Å². The molecule has 3 rings (SSSR count). The van der Waals surface area contributed by atoms with E-state index in [-0.39, 0.29) is 6.10 Å². The quantitative estimate of drug-likeness (QED) is 0.667. The number of ether oxygens (including phenoxy) is 1. The van der Waals surface area contributed by atoms with Crippen LogP contribution >= 0.6 is 0 Å². The van der Waals surface area contributed by atoms with E-state index in [1.807, 2.05) is 0 Å². The van der Waals surface area contributed by atoms with Crippen LogP contribution in [0, 0.1) is 0 Å². The summed E-state index contributed by atoms with van der Waals surface area (Å²) in [7, 11) is 2.12. The minimum Gasteiger partial charge on any atom is -0.486 e. The molecule has 0 aromatic heterocycles. The van der Waals surface area contributed by atoms with Crippen LogP contribution in [0.25, 0.3) is 10.8 Å². The molecule has 0 saturated heterocycles. The second-order valence-electron chi connectivity index (χ2n) is 4.44. The van der Waals surface area contributed by atoms with Gasteiger partial charge in [-0.25, -0.2) is 0 Å². The number of hydrogen-bond acceptors (Lipinski definition) is 2. The molecule has 16 heavy (non-hydrogen) atoms. The van der Waals surface area contributed by atoms with Gasteiger partial charge in [-0.05, 0) is 18.4 Å². The van der Waals surface area contributed by atoms with E-state index in [1.54, 1.807) is 0 Å². The second-order valence-corrected chi connectivity index (χ2v) is 4.44. The van der Waals surface area contributed by atoms with Gasteiger partial charge in [0.2, 0.25) is 0 Å². The second kappa shape index (κ2) is 3.41. The van der Waals surface area contributed by atoms with Crippen molar-refractivity contribution in [3.8, 4) is 5.75 Å². The molecule has 2 aromatic carbocycles. The van der Waals surface area contributed by atoms with E-state index in [9.17, 15) is 0 Å². The summed E-state index contributed by atoms with van der Waals surface area (Å²) in [6.45, 7) is 3.06. The first-order chi connectivity index (χ1) is 7.75. The lowest BCUT2D eigenvalue weighted by Gasteiger charge is -2.32. The summed E-state index contributed by atoms with van der Waals surface area (Å²) in [5, 5.41) is 2.45. The first kappa shape index (κ1) is 9.52. The van der Waals surface area contributed by atoms with Crippen LogP contribution in [0.5, 0.6) is 5.75 Å². The van der Waals surface area contributed by atoms with Gasteiger partial charge >= 0.3 is 0 Å². The Bertz CT molecular complexity index is 535. The third-order valence-corrected chi connectivity index (χ3v) is 3.12. The fraction of sp³-hybridized carbons (Fsp3) is 0.286. The molecule has 0 radical (unpaired) electrons. The van der Waals surface area contributed by atoms with Crippen LogP contribution < -0.4 is 9.64 Å². The Morgan fingerprint density at radius 2 is 2.00 bits per heavy atom. The Morgan fingerprint density at radius 1 is 1.19 bits per heavy atom. The molecule has 0 fully saturated rings. The van der Waals surface area contributed by atoms with Gasteiger partial charge in [0.1, 0.15) is 6.10 Å². The van der Waals surface area contributed by atoms with Crippen molar-refractivity contribution in [2.24, 2.45) is 0 Å². The van der Waals surface area contributed by atoms with Gasteiger partial charge in [-0.15, -0.1) is 0 Å². The van der Waals surface area contributed by atoms with Gasteiger partial charge in [-0.3, -0.25) is 0 Å². The highest BCUT2D eigenvalue weighted by molar-refractivity contribution is 5.94. The molecule has 2 nitrogen and oxygen atoms in total. The normalized spacial score (nSPS) is 19.4. The van der Waals surface area contributed by atoms with Crippen molar-refractivity contribution in [2.75, 3.05) is 18.5 Å². The lowest BCUT2D eigenvalue weighted by molar-refractivity contribution is 0.218. The maximum Gasteiger partial charge on any atom is 0.150 e. The van der Waals surface area contributed by atoms with Crippen LogP contribution in [-0.2, 0) is 0 Å². The largest absolute Gasteiger partial charge is 0.486 e. The Hall–Kier alpha value is -1.70. The van der Waals surface area contributed by atoms with E-state index < -0.39 is 0 Å². The zero-order valence-corrected chi connectivity index (χ0v) is 9.60. The highest BCUT2D eigenvalue weighted by Gasteiger charge is 2.21. The van der Waals surface area contributed by atoms with Gasteiger partial charge in [0.05, 0.1) is 12.2 Å². The van der Waals surface area contributed by atoms with Crippen molar-refractivity contribution in [1.82, 2.24) is 0 Å². The highest BCUT2D eigenvalue weighted by atomic mass is 16.5. The molecular weight excluding hydrogens is 198 g/mol. The van der Waals surface area contributed by atoms with Crippen LogP contribution in [0.15, 0.2) is 36.4 Å². The smallest absolute Gasteiger partial charge is 0.150 e. The Labute approximate surface area is 95.4 Å².